The highest BCUT2D eigenvalue weighted by molar-refractivity contribution is 7.90. The molecule has 1 amide bonds. The number of anilines is 4. The zero-order valence-corrected chi connectivity index (χ0v) is 22.9. The zero-order valence-electron chi connectivity index (χ0n) is 22.1. The highest BCUT2D eigenvalue weighted by Crippen LogP contribution is 2.41. The van der Waals surface area contributed by atoms with Gasteiger partial charge in [-0.2, -0.15) is 0 Å². The van der Waals surface area contributed by atoms with Crippen molar-refractivity contribution in [1.29, 1.82) is 0 Å². The largest absolute Gasteiger partial charge is 0.486 e. The van der Waals surface area contributed by atoms with Crippen LogP contribution in [-0.2, 0) is 19.4 Å². The second kappa shape index (κ2) is 10.7. The Hall–Kier alpha value is -3.97. The first kappa shape index (κ1) is 26.6. The lowest BCUT2D eigenvalue weighted by atomic mass is 10.1. The van der Waals surface area contributed by atoms with E-state index >= 15 is 0 Å². The first-order chi connectivity index (χ1) is 18.6. The Kier molecular flexibility index (Phi) is 7.28. The Bertz CT molecular complexity index is 1490. The van der Waals surface area contributed by atoms with E-state index in [1.165, 1.54) is 13.0 Å². The number of hydrogen-bond donors (Lipinski definition) is 2. The molecular formula is C26H30N6O6S. The molecule has 3 aromatic heterocycles. The summed E-state index contributed by atoms with van der Waals surface area (Å²) in [6.07, 6.45) is 4.68. The van der Waals surface area contributed by atoms with Crippen molar-refractivity contribution in [3.63, 3.8) is 0 Å². The minimum atomic E-state index is -3.64. The fraction of sp³-hybridized carbons (Fsp3) is 0.385. The van der Waals surface area contributed by atoms with Crippen LogP contribution in [0.2, 0.25) is 0 Å². The van der Waals surface area contributed by atoms with Crippen molar-refractivity contribution in [2.45, 2.75) is 38.0 Å². The first-order valence-corrected chi connectivity index (χ1v) is 14.4. The van der Waals surface area contributed by atoms with Crippen molar-refractivity contribution >= 4 is 38.8 Å². The molecule has 5 rings (SSSR count). The number of fused-ring (bicyclic) bond motifs is 1. The van der Waals surface area contributed by atoms with E-state index in [1.54, 1.807) is 18.5 Å². The number of sulfone groups is 1. The predicted octanol–water partition coefficient (Wildman–Crippen LogP) is 3.03. The zero-order chi connectivity index (χ0) is 27.7. The second-order valence-corrected chi connectivity index (χ2v) is 11.6. The molecule has 1 fully saturated rings. The van der Waals surface area contributed by atoms with Crippen LogP contribution in [0.3, 0.4) is 0 Å². The first-order valence-electron chi connectivity index (χ1n) is 12.5. The lowest BCUT2D eigenvalue weighted by molar-refractivity contribution is -0.114. The molecule has 2 aliphatic rings. The van der Waals surface area contributed by atoms with Gasteiger partial charge in [-0.05, 0) is 26.0 Å². The summed E-state index contributed by atoms with van der Waals surface area (Å²) in [6.45, 7) is 7.57. The summed E-state index contributed by atoms with van der Waals surface area (Å²) in [6, 6.07) is 6.84. The van der Waals surface area contributed by atoms with Gasteiger partial charge in [-0.1, -0.05) is 0 Å². The maximum absolute atomic E-state index is 12.3. The average Bonchev–Trinajstić information content (AvgIpc) is 2.87. The number of morpholine rings is 1. The fourth-order valence-corrected chi connectivity index (χ4v) is 5.14. The van der Waals surface area contributed by atoms with Gasteiger partial charge in [-0.3, -0.25) is 9.78 Å². The number of nitrogens with one attached hydrogen (secondary N) is 2. The number of nitrogens with zero attached hydrogens (tertiary/aromatic N) is 4. The molecule has 206 valence electrons. The van der Waals surface area contributed by atoms with E-state index in [0.29, 0.717) is 22.8 Å². The minimum Gasteiger partial charge on any atom is -0.486 e. The number of aromatic nitrogens is 3. The third kappa shape index (κ3) is 6.04. The van der Waals surface area contributed by atoms with E-state index in [9.17, 15) is 13.2 Å². The monoisotopic (exact) mass is 554 g/mol. The van der Waals surface area contributed by atoms with E-state index in [1.807, 2.05) is 26.0 Å². The van der Waals surface area contributed by atoms with Gasteiger partial charge in [0.2, 0.25) is 11.7 Å². The Labute approximate surface area is 226 Å². The summed E-state index contributed by atoms with van der Waals surface area (Å²) in [4.78, 5) is 27.3. The van der Waals surface area contributed by atoms with Crippen LogP contribution in [0.5, 0.6) is 11.5 Å². The summed E-state index contributed by atoms with van der Waals surface area (Å²) in [5, 5.41) is 5.68. The van der Waals surface area contributed by atoms with Crippen LogP contribution in [0.4, 0.5) is 23.0 Å². The van der Waals surface area contributed by atoms with Crippen molar-refractivity contribution in [3.8, 4) is 22.8 Å². The number of pyridine rings is 3. The van der Waals surface area contributed by atoms with Gasteiger partial charge >= 0.3 is 0 Å². The van der Waals surface area contributed by atoms with Crippen LogP contribution in [0.1, 0.15) is 20.8 Å². The molecule has 0 spiro atoms. The standard InChI is InChI=1S/C26H30N6O6S/c1-15-13-32(14-16(2)38-15)18-5-6-20(27-11-18)19-12-28-23(29-17(3)33)9-21(19)30-26-25-22(36-7-8-37-25)10-24(31-26)39(4,34)35/h5-6,9-12,15-16H,7-8,13-14H2,1-4H3,(H2,28,29,30,31,33)/t15-,16+. The number of hydrogen-bond acceptors (Lipinski definition) is 11. The molecule has 1 saturated heterocycles. The van der Waals surface area contributed by atoms with Crippen LogP contribution in [0, 0.1) is 0 Å². The second-order valence-electron chi connectivity index (χ2n) is 9.59. The molecule has 0 bridgehead atoms. The van der Waals surface area contributed by atoms with Gasteiger partial charge < -0.3 is 29.7 Å². The van der Waals surface area contributed by atoms with Gasteiger partial charge in [-0.25, -0.2) is 18.4 Å². The fourth-order valence-electron chi connectivity index (χ4n) is 4.56. The van der Waals surface area contributed by atoms with E-state index in [-0.39, 0.29) is 53.7 Å². The van der Waals surface area contributed by atoms with Gasteiger partial charge in [-0.15, -0.1) is 0 Å². The predicted molar refractivity (Wildman–Crippen MR) is 146 cm³/mol. The summed E-state index contributed by atoms with van der Waals surface area (Å²) >= 11 is 0. The molecule has 0 saturated carbocycles. The number of carbonyl (C=O) groups is 1. The lowest BCUT2D eigenvalue weighted by Gasteiger charge is -2.36. The Morgan fingerprint density at radius 1 is 1.05 bits per heavy atom. The topological polar surface area (TPSA) is 145 Å². The molecule has 0 unspecified atom stereocenters. The summed E-state index contributed by atoms with van der Waals surface area (Å²) < 4.78 is 41.9. The van der Waals surface area contributed by atoms with Crippen molar-refractivity contribution < 1.29 is 27.4 Å². The Morgan fingerprint density at radius 2 is 1.79 bits per heavy atom. The number of ether oxygens (including phenoxy) is 3. The van der Waals surface area contributed by atoms with E-state index in [4.69, 9.17) is 14.2 Å². The molecular weight excluding hydrogens is 524 g/mol. The highest BCUT2D eigenvalue weighted by atomic mass is 32.2. The SMILES string of the molecule is CC(=O)Nc1cc(Nc2nc(S(C)(=O)=O)cc3c2OCCO3)c(-c2ccc(N3C[C@@H](C)O[C@@H](C)C3)cn2)cn1. The van der Waals surface area contributed by atoms with E-state index in [0.717, 1.165) is 25.0 Å². The van der Waals surface area contributed by atoms with Crippen LogP contribution in [-0.4, -0.2) is 74.0 Å². The number of amides is 1. The smallest absolute Gasteiger partial charge is 0.222 e. The number of carbonyl (C=O) groups excluding carboxylic acids is 1. The molecule has 2 atom stereocenters. The maximum atomic E-state index is 12.3. The van der Waals surface area contributed by atoms with Gasteiger partial charge in [0.1, 0.15) is 19.0 Å². The Balaban J connectivity index is 1.54. The third-order valence-corrected chi connectivity index (χ3v) is 7.12. The van der Waals surface area contributed by atoms with E-state index < -0.39 is 9.84 Å². The summed E-state index contributed by atoms with van der Waals surface area (Å²) in [5.74, 6) is 0.724. The molecule has 39 heavy (non-hydrogen) atoms. The normalized spacial score (nSPS) is 18.9. The average molecular weight is 555 g/mol. The van der Waals surface area contributed by atoms with Crippen LogP contribution in [0.15, 0.2) is 41.7 Å². The molecule has 12 nitrogen and oxygen atoms in total. The maximum Gasteiger partial charge on any atom is 0.222 e. The van der Waals surface area contributed by atoms with Gasteiger partial charge in [0.15, 0.2) is 26.4 Å². The molecule has 5 heterocycles. The van der Waals surface area contributed by atoms with Crippen LogP contribution < -0.4 is 25.0 Å². The molecule has 13 heteroatoms. The van der Waals surface area contributed by atoms with Crippen LogP contribution in [0.25, 0.3) is 11.3 Å². The molecule has 0 radical (unpaired) electrons. The summed E-state index contributed by atoms with van der Waals surface area (Å²) in [7, 11) is -3.64. The van der Waals surface area contributed by atoms with Crippen molar-refractivity contribution in [2.75, 3.05) is 48.1 Å². The number of rotatable bonds is 6. The van der Waals surface area contributed by atoms with E-state index in [2.05, 4.69) is 30.5 Å². The molecule has 2 aliphatic heterocycles. The van der Waals surface area contributed by atoms with Crippen molar-refractivity contribution in [2.24, 2.45) is 0 Å². The quantitative estimate of drug-likeness (QED) is 0.464. The third-order valence-electron chi connectivity index (χ3n) is 6.15. The molecule has 0 aliphatic carbocycles. The van der Waals surface area contributed by atoms with Gasteiger partial charge in [0.05, 0.1) is 35.5 Å². The van der Waals surface area contributed by atoms with Crippen LogP contribution >= 0.6 is 0 Å². The highest BCUT2D eigenvalue weighted by Gasteiger charge is 2.25. The lowest BCUT2D eigenvalue weighted by Crippen LogP contribution is -2.45. The van der Waals surface area contributed by atoms with Crippen molar-refractivity contribution in [1.82, 2.24) is 15.0 Å². The Morgan fingerprint density at radius 3 is 2.46 bits per heavy atom. The minimum absolute atomic E-state index is 0.113. The summed E-state index contributed by atoms with van der Waals surface area (Å²) in [5.41, 5.74) is 2.68. The molecule has 2 N–H and O–H groups in total. The molecule has 3 aromatic rings. The van der Waals surface area contributed by atoms with Crippen molar-refractivity contribution in [3.05, 3.63) is 36.7 Å². The van der Waals surface area contributed by atoms with Gasteiger partial charge in [0.25, 0.3) is 0 Å². The van der Waals surface area contributed by atoms with Gasteiger partial charge in [0, 0.05) is 50.2 Å². The molecule has 0 aromatic carbocycles.